The van der Waals surface area contributed by atoms with Crippen molar-refractivity contribution in [2.45, 2.75) is 32.2 Å². The summed E-state index contributed by atoms with van der Waals surface area (Å²) in [5.74, 6) is -0.563. The van der Waals surface area contributed by atoms with Crippen molar-refractivity contribution in [2.75, 3.05) is 0 Å². The molecule has 0 fully saturated rings. The molecule has 0 heterocycles. The minimum atomic E-state index is -0.941. The van der Waals surface area contributed by atoms with Crippen LogP contribution < -0.4 is 5.73 Å². The van der Waals surface area contributed by atoms with Crippen molar-refractivity contribution < 1.29 is 20.0 Å². The van der Waals surface area contributed by atoms with Gasteiger partial charge >= 0.3 is 5.97 Å². The minimum absolute atomic E-state index is 0. The maximum atomic E-state index is 11.2. The molecule has 0 aliphatic carbocycles. The minimum Gasteiger partial charge on any atom is -0.316 e. The molecule has 0 saturated carbocycles. The van der Waals surface area contributed by atoms with Crippen LogP contribution in [0.3, 0.4) is 0 Å². The molecule has 5 nitrogen and oxygen atoms in total. The molecule has 0 spiro atoms. The Bertz CT molecular complexity index is 166. The van der Waals surface area contributed by atoms with Gasteiger partial charge in [0.2, 0.25) is 0 Å². The number of hydrogen-bond acceptors (Lipinski definition) is 4. The number of nitrogens with two attached hydrogens (primary N) is 1. The highest BCUT2D eigenvalue weighted by molar-refractivity contribution is 5.79. The Morgan fingerprint density at radius 2 is 2.00 bits per heavy atom. The zero-order valence-corrected chi connectivity index (χ0v) is 7.95. The van der Waals surface area contributed by atoms with Crippen LogP contribution in [0.2, 0.25) is 0 Å². The van der Waals surface area contributed by atoms with Gasteiger partial charge in [-0.1, -0.05) is 20.4 Å². The van der Waals surface area contributed by atoms with Gasteiger partial charge in [-0.15, -0.1) is 0 Å². The lowest BCUT2D eigenvalue weighted by Gasteiger charge is -2.21. The van der Waals surface area contributed by atoms with Gasteiger partial charge in [-0.3, -0.25) is 10.4 Å². The predicted molar refractivity (Wildman–Crippen MR) is 46.8 cm³/mol. The van der Waals surface area contributed by atoms with Crippen molar-refractivity contribution in [1.29, 1.82) is 0 Å². The van der Waals surface area contributed by atoms with Gasteiger partial charge in [0.15, 0.2) is 0 Å². The van der Waals surface area contributed by atoms with Crippen LogP contribution in [0.15, 0.2) is 12.8 Å². The average molecular weight is 190 g/mol. The van der Waals surface area contributed by atoms with E-state index in [9.17, 15) is 4.79 Å². The Morgan fingerprint density at radius 1 is 1.54 bits per heavy atom. The van der Waals surface area contributed by atoms with Crippen molar-refractivity contribution in [2.24, 2.45) is 5.73 Å². The molecule has 0 aliphatic rings. The van der Waals surface area contributed by atoms with Gasteiger partial charge in [-0.2, -0.15) is 0 Å². The first-order valence-electron chi connectivity index (χ1n) is 3.88. The lowest BCUT2D eigenvalue weighted by molar-refractivity contribution is -0.244. The molecular formula is C8H16NO4. The molecular weight excluding hydrogens is 174 g/mol. The van der Waals surface area contributed by atoms with Crippen molar-refractivity contribution in [3.63, 3.8) is 0 Å². The molecule has 0 aromatic carbocycles. The van der Waals surface area contributed by atoms with Crippen LogP contribution >= 0.6 is 0 Å². The van der Waals surface area contributed by atoms with E-state index in [1.165, 1.54) is 0 Å². The van der Waals surface area contributed by atoms with E-state index >= 15 is 0 Å². The topological polar surface area (TPSA) is 91.5 Å². The van der Waals surface area contributed by atoms with Gasteiger partial charge < -0.3 is 5.73 Å². The average Bonchev–Trinajstić information content (AvgIpc) is 2.12. The maximum absolute atomic E-state index is 11.2. The SMILES string of the molecule is C=COOC(=O)C(N)(CC)CC.[OH]. The molecule has 77 valence electrons. The Labute approximate surface area is 77.7 Å². The summed E-state index contributed by atoms with van der Waals surface area (Å²) >= 11 is 0. The zero-order chi connectivity index (χ0) is 9.61. The fourth-order valence-corrected chi connectivity index (χ4v) is 0.699. The van der Waals surface area contributed by atoms with Crippen molar-refractivity contribution in [3.05, 3.63) is 12.8 Å². The predicted octanol–water partition coefficient (Wildman–Crippen LogP) is 0.945. The van der Waals surface area contributed by atoms with Gasteiger partial charge in [-0.25, -0.2) is 9.68 Å². The Kier molecular flexibility index (Phi) is 7.17. The molecule has 0 aromatic heterocycles. The second-order valence-corrected chi connectivity index (χ2v) is 2.50. The molecule has 0 atom stereocenters. The van der Waals surface area contributed by atoms with Gasteiger partial charge in [-0.05, 0) is 12.8 Å². The standard InChI is InChI=1S/C8H15NO3.HO/c1-4-8(9,5-2)7(10)12-11-6-3;/h6H,3-5,9H2,1-2H3;1H. The molecule has 3 N–H and O–H groups in total. The normalized spacial score (nSPS) is 9.77. The first kappa shape index (κ1) is 14.5. The van der Waals surface area contributed by atoms with E-state index in [0.717, 1.165) is 6.26 Å². The number of carbonyl (C=O) groups excluding carboxylic acids is 1. The second-order valence-electron chi connectivity index (χ2n) is 2.50. The van der Waals surface area contributed by atoms with Gasteiger partial charge in [0.25, 0.3) is 0 Å². The Balaban J connectivity index is 0. The highest BCUT2D eigenvalue weighted by Crippen LogP contribution is 2.13. The summed E-state index contributed by atoms with van der Waals surface area (Å²) < 4.78 is 0. The Hall–Kier alpha value is -1.07. The van der Waals surface area contributed by atoms with Crippen molar-refractivity contribution >= 4 is 5.97 Å². The molecule has 0 bridgehead atoms. The lowest BCUT2D eigenvalue weighted by Crippen LogP contribution is -2.47. The summed E-state index contributed by atoms with van der Waals surface area (Å²) in [4.78, 5) is 19.8. The third-order valence-electron chi connectivity index (χ3n) is 1.86. The zero-order valence-electron chi connectivity index (χ0n) is 7.95. The van der Waals surface area contributed by atoms with Crippen LogP contribution in [0.1, 0.15) is 26.7 Å². The molecule has 13 heavy (non-hydrogen) atoms. The highest BCUT2D eigenvalue weighted by Gasteiger charge is 2.32. The van der Waals surface area contributed by atoms with Crippen molar-refractivity contribution in [3.8, 4) is 0 Å². The van der Waals surface area contributed by atoms with Crippen molar-refractivity contribution in [1.82, 2.24) is 0 Å². The molecule has 0 saturated heterocycles. The van der Waals surface area contributed by atoms with E-state index in [4.69, 9.17) is 5.73 Å². The summed E-state index contributed by atoms with van der Waals surface area (Å²) in [6.45, 7) is 6.86. The van der Waals surface area contributed by atoms with E-state index in [1.54, 1.807) is 0 Å². The quantitative estimate of drug-likeness (QED) is 0.383. The first-order valence-corrected chi connectivity index (χ1v) is 3.88. The summed E-state index contributed by atoms with van der Waals surface area (Å²) in [5, 5.41) is 0. The smallest absolute Gasteiger partial charge is 0.316 e. The monoisotopic (exact) mass is 190 g/mol. The summed E-state index contributed by atoms with van der Waals surface area (Å²) in [6.07, 6.45) is 2.06. The third-order valence-corrected chi connectivity index (χ3v) is 1.86. The molecule has 0 rings (SSSR count). The fraction of sp³-hybridized carbons (Fsp3) is 0.625. The van der Waals surface area contributed by atoms with Gasteiger partial charge in [0.1, 0.15) is 11.8 Å². The van der Waals surface area contributed by atoms with Crippen LogP contribution in [-0.2, 0) is 14.6 Å². The summed E-state index contributed by atoms with van der Waals surface area (Å²) in [7, 11) is 0. The maximum Gasteiger partial charge on any atom is 0.374 e. The van der Waals surface area contributed by atoms with Crippen LogP contribution in [0, 0.1) is 0 Å². The summed E-state index contributed by atoms with van der Waals surface area (Å²) in [5.41, 5.74) is 4.75. The molecule has 1 radical (unpaired) electrons. The number of carbonyl (C=O) groups is 1. The fourth-order valence-electron chi connectivity index (χ4n) is 0.699. The van der Waals surface area contributed by atoms with Crippen LogP contribution in [0.25, 0.3) is 0 Å². The number of hydrogen-bond donors (Lipinski definition) is 2. The lowest BCUT2D eigenvalue weighted by atomic mass is 9.95. The van der Waals surface area contributed by atoms with E-state index in [2.05, 4.69) is 16.4 Å². The largest absolute Gasteiger partial charge is 0.374 e. The van der Waals surface area contributed by atoms with Gasteiger partial charge in [0, 0.05) is 0 Å². The second kappa shape index (κ2) is 6.45. The van der Waals surface area contributed by atoms with E-state index in [1.807, 2.05) is 13.8 Å². The molecule has 0 unspecified atom stereocenters. The molecule has 0 aliphatic heterocycles. The summed E-state index contributed by atoms with van der Waals surface area (Å²) in [6, 6.07) is 0. The van der Waals surface area contributed by atoms with Crippen LogP contribution in [-0.4, -0.2) is 17.0 Å². The van der Waals surface area contributed by atoms with Crippen LogP contribution in [0.4, 0.5) is 0 Å². The highest BCUT2D eigenvalue weighted by atomic mass is 17.2. The first-order chi connectivity index (χ1) is 5.60. The van der Waals surface area contributed by atoms with E-state index < -0.39 is 11.5 Å². The number of rotatable bonds is 5. The van der Waals surface area contributed by atoms with Crippen LogP contribution in [0.5, 0.6) is 0 Å². The van der Waals surface area contributed by atoms with E-state index in [0.29, 0.717) is 12.8 Å². The van der Waals surface area contributed by atoms with E-state index in [-0.39, 0.29) is 5.48 Å². The Morgan fingerprint density at radius 3 is 2.31 bits per heavy atom. The third kappa shape index (κ3) is 3.91. The molecule has 5 heteroatoms. The van der Waals surface area contributed by atoms with Gasteiger partial charge in [0.05, 0.1) is 0 Å². The molecule has 0 amide bonds. The molecule has 0 aromatic rings.